The molecule has 9 heteroatoms. The number of carbonyl (C=O) groups excluding carboxylic acids is 5. The van der Waals surface area contributed by atoms with Crippen molar-refractivity contribution in [2.24, 2.45) is 0 Å². The van der Waals surface area contributed by atoms with Crippen molar-refractivity contribution < 1.29 is 28.7 Å². The maximum Gasteiger partial charge on any atom is 0.340 e. The lowest BCUT2D eigenvalue weighted by atomic mass is 10.1. The zero-order valence-electron chi connectivity index (χ0n) is 15.3. The molecule has 0 aromatic carbocycles. The molecule has 1 saturated heterocycles. The molecule has 0 spiro atoms. The van der Waals surface area contributed by atoms with Crippen LogP contribution in [0.2, 0.25) is 0 Å². The SMILES string of the molecule is CCOC(=O)c1c(C)[nH]c(C(=O)CN2C(=O)C(=O)N(C(C)C)C2=O)c1C. The predicted molar refractivity (Wildman–Crippen MR) is 89.6 cm³/mol. The van der Waals surface area contributed by atoms with Crippen LogP contribution >= 0.6 is 0 Å². The summed E-state index contributed by atoms with van der Waals surface area (Å²) in [6.07, 6.45) is 0. The van der Waals surface area contributed by atoms with Crippen molar-refractivity contribution in [3.63, 3.8) is 0 Å². The second-order valence-electron chi connectivity index (χ2n) is 6.21. The van der Waals surface area contributed by atoms with Crippen LogP contribution in [0.25, 0.3) is 0 Å². The largest absolute Gasteiger partial charge is 0.462 e. The number of rotatable bonds is 6. The third-order valence-electron chi connectivity index (χ3n) is 4.10. The van der Waals surface area contributed by atoms with Crippen molar-refractivity contribution in [3.8, 4) is 0 Å². The number of carbonyl (C=O) groups is 5. The van der Waals surface area contributed by atoms with Crippen molar-refractivity contribution >= 4 is 29.6 Å². The lowest BCUT2D eigenvalue weighted by molar-refractivity contribution is -0.143. The van der Waals surface area contributed by atoms with E-state index in [1.54, 1.807) is 34.6 Å². The highest BCUT2D eigenvalue weighted by Gasteiger charge is 2.46. The van der Waals surface area contributed by atoms with E-state index in [2.05, 4.69) is 4.98 Å². The van der Waals surface area contributed by atoms with Crippen LogP contribution in [0.3, 0.4) is 0 Å². The van der Waals surface area contributed by atoms with Gasteiger partial charge >= 0.3 is 23.8 Å². The van der Waals surface area contributed by atoms with Crippen LogP contribution in [0, 0.1) is 13.8 Å². The number of aryl methyl sites for hydroxylation is 1. The van der Waals surface area contributed by atoms with Gasteiger partial charge in [-0.3, -0.25) is 19.3 Å². The van der Waals surface area contributed by atoms with E-state index < -0.39 is 42.2 Å². The number of imide groups is 2. The minimum Gasteiger partial charge on any atom is -0.462 e. The minimum atomic E-state index is -1.04. The Morgan fingerprint density at radius 2 is 1.73 bits per heavy atom. The highest BCUT2D eigenvalue weighted by Crippen LogP contribution is 2.21. The molecule has 26 heavy (non-hydrogen) atoms. The average Bonchev–Trinajstić information content (AvgIpc) is 2.96. The lowest BCUT2D eigenvalue weighted by Gasteiger charge is -2.17. The first-order chi connectivity index (χ1) is 12.1. The monoisotopic (exact) mass is 363 g/mol. The smallest absolute Gasteiger partial charge is 0.340 e. The molecule has 1 aliphatic rings. The van der Waals surface area contributed by atoms with Gasteiger partial charge in [0.25, 0.3) is 0 Å². The van der Waals surface area contributed by atoms with E-state index in [-0.39, 0.29) is 17.9 Å². The van der Waals surface area contributed by atoms with Crippen LogP contribution in [-0.4, -0.2) is 63.6 Å². The van der Waals surface area contributed by atoms with Gasteiger partial charge in [-0.15, -0.1) is 0 Å². The van der Waals surface area contributed by atoms with Crippen LogP contribution in [0.15, 0.2) is 0 Å². The van der Waals surface area contributed by atoms with Crippen LogP contribution in [0.5, 0.6) is 0 Å². The molecule has 9 nitrogen and oxygen atoms in total. The summed E-state index contributed by atoms with van der Waals surface area (Å²) in [7, 11) is 0. The molecule has 140 valence electrons. The molecule has 0 aliphatic carbocycles. The van der Waals surface area contributed by atoms with E-state index in [9.17, 15) is 24.0 Å². The Labute approximate surface area is 150 Å². The number of ether oxygens (including phenoxy) is 1. The zero-order valence-corrected chi connectivity index (χ0v) is 15.3. The van der Waals surface area contributed by atoms with Crippen molar-refractivity contribution in [2.75, 3.05) is 13.2 Å². The Morgan fingerprint density at radius 1 is 1.12 bits per heavy atom. The first-order valence-corrected chi connectivity index (χ1v) is 8.20. The minimum absolute atomic E-state index is 0.0987. The van der Waals surface area contributed by atoms with E-state index in [1.165, 1.54) is 0 Å². The molecule has 2 rings (SSSR count). The molecule has 0 atom stereocenters. The number of urea groups is 1. The summed E-state index contributed by atoms with van der Waals surface area (Å²) in [6, 6.07) is -1.32. The van der Waals surface area contributed by atoms with Gasteiger partial charge in [-0.25, -0.2) is 14.5 Å². The maximum absolute atomic E-state index is 12.6. The predicted octanol–water partition coefficient (Wildman–Crippen LogP) is 1.19. The Morgan fingerprint density at radius 3 is 2.23 bits per heavy atom. The first kappa shape index (κ1) is 19.4. The maximum atomic E-state index is 12.6. The van der Waals surface area contributed by atoms with E-state index in [4.69, 9.17) is 4.74 Å². The van der Waals surface area contributed by atoms with Gasteiger partial charge in [0.15, 0.2) is 5.78 Å². The number of Topliss-reactive ketones (excluding diaryl/α,β-unsaturated/α-hetero) is 1. The molecule has 4 amide bonds. The Hall–Kier alpha value is -2.97. The van der Waals surface area contributed by atoms with Crippen molar-refractivity contribution in [3.05, 3.63) is 22.5 Å². The van der Waals surface area contributed by atoms with E-state index in [0.29, 0.717) is 16.2 Å². The summed E-state index contributed by atoms with van der Waals surface area (Å²) < 4.78 is 4.96. The summed E-state index contributed by atoms with van der Waals surface area (Å²) in [4.78, 5) is 65.0. The summed E-state index contributed by atoms with van der Waals surface area (Å²) in [5.74, 6) is -3.14. The number of amides is 4. The highest BCUT2D eigenvalue weighted by atomic mass is 16.5. The van der Waals surface area contributed by atoms with Gasteiger partial charge in [-0.05, 0) is 40.2 Å². The third-order valence-corrected chi connectivity index (χ3v) is 4.10. The molecule has 1 N–H and O–H groups in total. The van der Waals surface area contributed by atoms with Gasteiger partial charge in [0, 0.05) is 11.7 Å². The second-order valence-corrected chi connectivity index (χ2v) is 6.21. The summed E-state index contributed by atoms with van der Waals surface area (Å²) in [5, 5.41) is 0. The van der Waals surface area contributed by atoms with Crippen LogP contribution in [0.1, 0.15) is 52.9 Å². The molecule has 0 radical (unpaired) electrons. The fourth-order valence-corrected chi connectivity index (χ4v) is 2.88. The molecular formula is C17H21N3O6. The average molecular weight is 363 g/mol. The van der Waals surface area contributed by atoms with Gasteiger partial charge in [0.2, 0.25) is 0 Å². The molecule has 1 aromatic heterocycles. The van der Waals surface area contributed by atoms with Gasteiger partial charge in [-0.1, -0.05) is 0 Å². The number of hydrogen-bond acceptors (Lipinski definition) is 6. The highest BCUT2D eigenvalue weighted by molar-refractivity contribution is 6.45. The summed E-state index contributed by atoms with van der Waals surface area (Å²) in [6.45, 7) is 7.65. The number of H-pyrrole nitrogens is 1. The molecule has 1 aromatic rings. The number of nitrogens with one attached hydrogen (secondary N) is 1. The Balaban J connectivity index is 2.28. The molecular weight excluding hydrogens is 342 g/mol. The quantitative estimate of drug-likeness (QED) is 0.351. The summed E-state index contributed by atoms with van der Waals surface area (Å²) >= 11 is 0. The van der Waals surface area contributed by atoms with E-state index in [0.717, 1.165) is 4.90 Å². The molecule has 0 saturated carbocycles. The van der Waals surface area contributed by atoms with E-state index in [1.807, 2.05) is 0 Å². The second kappa shape index (κ2) is 7.11. The van der Waals surface area contributed by atoms with Gasteiger partial charge in [0.05, 0.1) is 24.4 Å². The van der Waals surface area contributed by atoms with Crippen molar-refractivity contribution in [1.82, 2.24) is 14.8 Å². The van der Waals surface area contributed by atoms with Crippen molar-refractivity contribution in [1.29, 1.82) is 0 Å². The van der Waals surface area contributed by atoms with Crippen molar-refractivity contribution in [2.45, 2.75) is 40.7 Å². The number of hydrogen-bond donors (Lipinski definition) is 1. The number of aromatic nitrogens is 1. The fourth-order valence-electron chi connectivity index (χ4n) is 2.88. The Kier molecular flexibility index (Phi) is 5.29. The molecule has 0 bridgehead atoms. The molecule has 1 fully saturated rings. The van der Waals surface area contributed by atoms with Gasteiger partial charge < -0.3 is 9.72 Å². The molecule has 0 unspecified atom stereocenters. The zero-order chi connectivity index (χ0) is 19.8. The van der Waals surface area contributed by atoms with Crippen LogP contribution in [0.4, 0.5) is 4.79 Å². The number of ketones is 1. The number of nitrogens with zero attached hydrogens (tertiary/aromatic N) is 2. The Bertz CT molecular complexity index is 808. The number of esters is 1. The third kappa shape index (κ3) is 3.12. The van der Waals surface area contributed by atoms with Crippen LogP contribution < -0.4 is 0 Å². The first-order valence-electron chi connectivity index (χ1n) is 8.20. The van der Waals surface area contributed by atoms with Gasteiger partial charge in [0.1, 0.15) is 0 Å². The lowest BCUT2D eigenvalue weighted by Crippen LogP contribution is -2.39. The number of aromatic amines is 1. The fraction of sp³-hybridized carbons (Fsp3) is 0.471. The summed E-state index contributed by atoms with van der Waals surface area (Å²) in [5.41, 5.74) is 1.16. The standard InChI is InChI=1S/C17H21N3O6/c1-6-26-16(24)12-9(4)13(18-10(12)5)11(21)7-19-14(22)15(23)20(8(2)3)17(19)25/h8,18H,6-7H2,1-5H3. The van der Waals surface area contributed by atoms with Gasteiger partial charge in [-0.2, -0.15) is 0 Å². The normalized spacial score (nSPS) is 14.6. The topological polar surface area (TPSA) is 117 Å². The van der Waals surface area contributed by atoms with Crippen LogP contribution in [-0.2, 0) is 14.3 Å². The molecule has 1 aliphatic heterocycles. The molecule has 2 heterocycles. The van der Waals surface area contributed by atoms with E-state index >= 15 is 0 Å².